The van der Waals surface area contributed by atoms with E-state index in [2.05, 4.69) is 51.3 Å². The molecule has 4 aliphatic rings. The van der Waals surface area contributed by atoms with Crippen LogP contribution in [0.3, 0.4) is 0 Å². The van der Waals surface area contributed by atoms with E-state index in [1.54, 1.807) is 0 Å². The Balaban J connectivity index is 1.23. The number of nitrogens with zero attached hydrogens (tertiary/aromatic N) is 1. The highest BCUT2D eigenvalue weighted by molar-refractivity contribution is 7.80. The first-order valence-corrected chi connectivity index (χ1v) is 17.8. The van der Waals surface area contributed by atoms with E-state index in [-0.39, 0.29) is 6.61 Å². The predicted octanol–water partition coefficient (Wildman–Crippen LogP) is 6.72. The maximum atomic E-state index is 10.7. The van der Waals surface area contributed by atoms with Crippen molar-refractivity contribution in [2.45, 2.75) is 117 Å². The molecule has 6 nitrogen and oxygen atoms in total. The minimum atomic E-state index is -4.33. The normalized spacial score (nSPS) is 39.6. The molecule has 0 aliphatic heterocycles. The van der Waals surface area contributed by atoms with Crippen LogP contribution in [0.1, 0.15) is 111 Å². The number of hydrogen-bond donors (Lipinski definition) is 2. The van der Waals surface area contributed by atoms with Gasteiger partial charge in [0.1, 0.15) is 0 Å². The largest absolute Gasteiger partial charge is 0.397 e. The van der Waals surface area contributed by atoms with Gasteiger partial charge < -0.3 is 9.80 Å². The highest BCUT2D eigenvalue weighted by Gasteiger charge is 2.60. The first kappa shape index (κ1) is 31.7. The van der Waals surface area contributed by atoms with E-state index in [1.807, 2.05) is 0 Å². The van der Waals surface area contributed by atoms with Crippen molar-refractivity contribution in [3.8, 4) is 0 Å². The molecule has 4 rings (SSSR count). The summed E-state index contributed by atoms with van der Waals surface area (Å²) in [5.41, 5.74) is 1.16. The van der Waals surface area contributed by atoms with E-state index in [1.165, 1.54) is 70.6 Å². The summed E-state index contributed by atoms with van der Waals surface area (Å²) in [6, 6.07) is 0.665. The highest BCUT2D eigenvalue weighted by atomic mass is 32.3. The van der Waals surface area contributed by atoms with Crippen LogP contribution in [-0.2, 0) is 14.6 Å². The van der Waals surface area contributed by atoms with Crippen LogP contribution in [0.25, 0.3) is 0 Å². The number of quaternary nitrogens is 1. The Labute approximate surface area is 240 Å². The minimum Gasteiger partial charge on any atom is -0.328 e. The number of nitrogens with one attached hydrogen (secondary N) is 1. The molecule has 228 valence electrons. The van der Waals surface area contributed by atoms with Crippen molar-refractivity contribution in [1.29, 1.82) is 0 Å². The van der Waals surface area contributed by atoms with E-state index < -0.39 is 10.4 Å². The average molecular weight is 570 g/mol. The minimum absolute atomic E-state index is 0.0430. The second-order valence-electron chi connectivity index (χ2n) is 15.4. The van der Waals surface area contributed by atoms with Gasteiger partial charge >= 0.3 is 10.4 Å². The molecule has 0 aromatic heterocycles. The lowest BCUT2D eigenvalue weighted by Gasteiger charge is -2.61. The van der Waals surface area contributed by atoms with E-state index in [4.69, 9.17) is 4.55 Å². The fourth-order valence-corrected chi connectivity index (χ4v) is 11.0. The Morgan fingerprint density at radius 3 is 2.38 bits per heavy atom. The van der Waals surface area contributed by atoms with Crippen molar-refractivity contribution >= 4 is 10.4 Å². The summed E-state index contributed by atoms with van der Waals surface area (Å²) in [5.74, 6) is 5.67. The second kappa shape index (κ2) is 12.6. The molecule has 5 unspecified atom stereocenters. The van der Waals surface area contributed by atoms with Crippen LogP contribution in [0.2, 0.25) is 0 Å². The standard InChI is InChI=1S/C32H60N2O4S/c1-7-10-24(2)28-13-14-29-27-12-11-25-23-26(15-17-31(25,3)30(27)16-18-32(28,29)4)33-19-8-20-34(5,6)21-9-22-38-39(35,36)37/h24-30,33H,7-23H2,1-6H3/p+1/t24-,25?,26?,27?,28-,29?,30?,31+,32-/m1/s1. The average Bonchev–Trinajstić information content (AvgIpc) is 3.21. The Kier molecular flexibility index (Phi) is 10.2. The van der Waals surface area contributed by atoms with Crippen LogP contribution in [0.4, 0.5) is 0 Å². The molecule has 9 atom stereocenters. The molecule has 7 heteroatoms. The summed E-state index contributed by atoms with van der Waals surface area (Å²) < 4.78 is 35.5. The van der Waals surface area contributed by atoms with Gasteiger partial charge in [0.15, 0.2) is 0 Å². The van der Waals surface area contributed by atoms with Crippen LogP contribution >= 0.6 is 0 Å². The van der Waals surface area contributed by atoms with E-state index >= 15 is 0 Å². The molecule has 0 saturated heterocycles. The lowest BCUT2D eigenvalue weighted by atomic mass is 9.44. The van der Waals surface area contributed by atoms with E-state index in [0.717, 1.165) is 66.0 Å². The summed E-state index contributed by atoms with van der Waals surface area (Å²) in [7, 11) is 0.0431. The Morgan fingerprint density at radius 2 is 1.67 bits per heavy atom. The monoisotopic (exact) mass is 569 g/mol. The third-order valence-electron chi connectivity index (χ3n) is 12.7. The highest BCUT2D eigenvalue weighted by Crippen LogP contribution is 2.68. The zero-order valence-corrected chi connectivity index (χ0v) is 26.9. The molecule has 0 aromatic rings. The molecule has 4 saturated carbocycles. The Hall–Kier alpha value is -0.210. The summed E-state index contributed by atoms with van der Waals surface area (Å²) in [6.45, 7) is 13.3. The lowest BCUT2D eigenvalue weighted by molar-refractivity contribution is -0.890. The van der Waals surface area contributed by atoms with Crippen LogP contribution in [0.15, 0.2) is 0 Å². The zero-order valence-electron chi connectivity index (χ0n) is 26.1. The summed E-state index contributed by atoms with van der Waals surface area (Å²) in [4.78, 5) is 0. The third kappa shape index (κ3) is 7.24. The number of hydrogen-bond acceptors (Lipinski definition) is 4. The molecule has 0 spiro atoms. The SMILES string of the molecule is CCC[C@@H](C)[C@H]1CCC2C3CCC4CC(NCCC[N+](C)(C)CCCOS(=O)(=O)O)CC[C@]4(C)C3CC[C@@]21C. The smallest absolute Gasteiger partial charge is 0.328 e. The first-order chi connectivity index (χ1) is 18.3. The van der Waals surface area contributed by atoms with Crippen molar-refractivity contribution in [2.75, 3.05) is 40.3 Å². The Bertz CT molecular complexity index is 910. The zero-order chi connectivity index (χ0) is 28.5. The number of fused-ring (bicyclic) bond motifs is 5. The van der Waals surface area contributed by atoms with Gasteiger partial charge in [-0.05, 0) is 104 Å². The van der Waals surface area contributed by atoms with Gasteiger partial charge in [0.25, 0.3) is 0 Å². The van der Waals surface area contributed by atoms with Gasteiger partial charge in [-0.25, -0.2) is 4.18 Å². The molecule has 0 amide bonds. The third-order valence-corrected chi connectivity index (χ3v) is 13.1. The van der Waals surface area contributed by atoms with Gasteiger partial charge in [-0.15, -0.1) is 0 Å². The van der Waals surface area contributed by atoms with Crippen molar-refractivity contribution in [3.05, 3.63) is 0 Å². The molecule has 0 radical (unpaired) electrons. The van der Waals surface area contributed by atoms with Crippen molar-refractivity contribution in [1.82, 2.24) is 5.32 Å². The van der Waals surface area contributed by atoms with E-state index in [9.17, 15) is 8.42 Å². The van der Waals surface area contributed by atoms with Crippen LogP contribution in [0, 0.1) is 46.3 Å². The first-order valence-electron chi connectivity index (χ1n) is 16.5. The summed E-state index contributed by atoms with van der Waals surface area (Å²) >= 11 is 0. The molecule has 0 bridgehead atoms. The van der Waals surface area contributed by atoms with E-state index in [0.29, 0.717) is 23.3 Å². The molecule has 4 aliphatic carbocycles. The molecular weight excluding hydrogens is 508 g/mol. The molecule has 39 heavy (non-hydrogen) atoms. The molecule has 4 fully saturated rings. The molecule has 0 heterocycles. The molecule has 2 N–H and O–H groups in total. The van der Waals surface area contributed by atoms with Crippen molar-refractivity contribution < 1.29 is 21.6 Å². The van der Waals surface area contributed by atoms with Gasteiger partial charge in [-0.3, -0.25) is 4.55 Å². The maximum absolute atomic E-state index is 10.7. The quantitative estimate of drug-likeness (QED) is 0.146. The fourth-order valence-electron chi connectivity index (χ4n) is 10.7. The van der Waals surface area contributed by atoms with Gasteiger partial charge in [0.05, 0.1) is 33.8 Å². The fraction of sp³-hybridized carbons (Fsp3) is 1.00. The van der Waals surface area contributed by atoms with Crippen molar-refractivity contribution in [2.24, 2.45) is 46.3 Å². The summed E-state index contributed by atoms with van der Waals surface area (Å²) in [6.07, 6.45) is 17.5. The van der Waals surface area contributed by atoms with Crippen LogP contribution < -0.4 is 5.32 Å². The number of rotatable bonds is 13. The lowest BCUT2D eigenvalue weighted by Crippen LogP contribution is -2.55. The molecular formula is C32H61N2O4S+. The maximum Gasteiger partial charge on any atom is 0.397 e. The van der Waals surface area contributed by atoms with Gasteiger partial charge in [0, 0.05) is 25.4 Å². The predicted molar refractivity (Wildman–Crippen MR) is 160 cm³/mol. The van der Waals surface area contributed by atoms with Gasteiger partial charge in [0.2, 0.25) is 0 Å². The topological polar surface area (TPSA) is 75.6 Å². The van der Waals surface area contributed by atoms with Gasteiger partial charge in [-0.2, -0.15) is 8.42 Å². The van der Waals surface area contributed by atoms with Crippen LogP contribution in [-0.4, -0.2) is 63.8 Å². The molecule has 0 aromatic carbocycles. The van der Waals surface area contributed by atoms with Gasteiger partial charge in [-0.1, -0.05) is 40.5 Å². The summed E-state index contributed by atoms with van der Waals surface area (Å²) in [5, 5.41) is 3.93. The van der Waals surface area contributed by atoms with Crippen molar-refractivity contribution in [3.63, 3.8) is 0 Å². The van der Waals surface area contributed by atoms with Crippen LogP contribution in [0.5, 0.6) is 0 Å². The second-order valence-corrected chi connectivity index (χ2v) is 16.5. The Morgan fingerprint density at radius 1 is 0.974 bits per heavy atom.